The Balaban J connectivity index is 1.74. The van der Waals surface area contributed by atoms with E-state index >= 15 is 0 Å². The molecule has 0 bridgehead atoms. The van der Waals surface area contributed by atoms with Crippen LogP contribution in [0.1, 0.15) is 23.8 Å². The largest absolute Gasteiger partial charge is 0.399 e. The van der Waals surface area contributed by atoms with Gasteiger partial charge >= 0.3 is 0 Å². The molecule has 1 unspecified atom stereocenters. The van der Waals surface area contributed by atoms with E-state index in [2.05, 4.69) is 17.0 Å². The van der Waals surface area contributed by atoms with Crippen LogP contribution in [-0.4, -0.2) is 19.6 Å². The summed E-state index contributed by atoms with van der Waals surface area (Å²) in [6.07, 6.45) is 5.28. The molecule has 1 aliphatic rings. The first kappa shape index (κ1) is 13.9. The Kier molecular flexibility index (Phi) is 2.91. The van der Waals surface area contributed by atoms with Gasteiger partial charge in [0.1, 0.15) is 11.2 Å². The Morgan fingerprint density at radius 1 is 1.25 bits per heavy atom. The summed E-state index contributed by atoms with van der Waals surface area (Å²) in [7, 11) is 0. The Morgan fingerprint density at radius 3 is 2.92 bits per heavy atom. The van der Waals surface area contributed by atoms with Gasteiger partial charge in [-0.15, -0.1) is 16.4 Å². The lowest BCUT2D eigenvalue weighted by molar-refractivity contribution is 0.509. The van der Waals surface area contributed by atoms with Crippen LogP contribution in [0.4, 0.5) is 5.69 Å². The zero-order valence-electron chi connectivity index (χ0n) is 13.4. The Labute approximate surface area is 143 Å². The number of hydrogen-bond donors (Lipinski definition) is 1. The van der Waals surface area contributed by atoms with Crippen LogP contribution in [0.15, 0.2) is 30.6 Å². The van der Waals surface area contributed by atoms with E-state index in [4.69, 9.17) is 10.7 Å². The average Bonchev–Trinajstić information content (AvgIpc) is 3.15. The van der Waals surface area contributed by atoms with Gasteiger partial charge in [0.2, 0.25) is 0 Å². The number of anilines is 1. The number of nitrogens with two attached hydrogens (primary N) is 1. The maximum Gasteiger partial charge on any atom is 0.182 e. The first-order chi connectivity index (χ1) is 11.7. The van der Waals surface area contributed by atoms with Crippen molar-refractivity contribution in [3.8, 4) is 11.4 Å². The summed E-state index contributed by atoms with van der Waals surface area (Å²) in [5.41, 5.74) is 9.84. The van der Waals surface area contributed by atoms with Crippen LogP contribution in [0.5, 0.6) is 0 Å². The summed E-state index contributed by atoms with van der Waals surface area (Å²) >= 11 is 1.82. The Hall–Kier alpha value is -2.47. The van der Waals surface area contributed by atoms with Crippen molar-refractivity contribution in [1.82, 2.24) is 19.6 Å². The number of thiophene rings is 1. The van der Waals surface area contributed by atoms with Gasteiger partial charge in [-0.1, -0.05) is 6.92 Å². The van der Waals surface area contributed by atoms with E-state index in [-0.39, 0.29) is 0 Å². The maximum absolute atomic E-state index is 5.77. The van der Waals surface area contributed by atoms with Crippen LogP contribution in [0, 0.1) is 5.92 Å². The second-order valence-electron chi connectivity index (χ2n) is 6.60. The molecule has 2 N–H and O–H groups in total. The van der Waals surface area contributed by atoms with E-state index in [9.17, 15) is 0 Å². The van der Waals surface area contributed by atoms with Gasteiger partial charge in [-0.25, -0.2) is 14.5 Å². The zero-order chi connectivity index (χ0) is 16.3. The first-order valence-corrected chi connectivity index (χ1v) is 9.02. The van der Waals surface area contributed by atoms with Crippen molar-refractivity contribution in [1.29, 1.82) is 0 Å². The number of rotatable bonds is 1. The summed E-state index contributed by atoms with van der Waals surface area (Å²) in [5.74, 6) is 1.47. The predicted molar refractivity (Wildman–Crippen MR) is 97.2 cm³/mol. The van der Waals surface area contributed by atoms with Crippen LogP contribution in [-0.2, 0) is 12.8 Å². The van der Waals surface area contributed by atoms with Crippen molar-refractivity contribution in [2.45, 2.75) is 26.2 Å². The molecular formula is C18H17N5S. The van der Waals surface area contributed by atoms with Crippen molar-refractivity contribution in [2.24, 2.45) is 5.92 Å². The molecule has 1 aromatic carbocycles. The van der Waals surface area contributed by atoms with E-state index in [0.717, 1.165) is 40.5 Å². The van der Waals surface area contributed by atoms with Gasteiger partial charge < -0.3 is 5.73 Å². The third-order valence-corrected chi connectivity index (χ3v) is 5.96. The fraction of sp³-hybridized carbons (Fsp3) is 0.278. The molecule has 6 heteroatoms. The standard InChI is InChI=1S/C18H17N5S/c1-10-2-7-13-14(8-10)24-18-15(13)17-21-16(22-23(17)9-20-18)11-3-5-12(19)6-4-11/h3-6,9-10H,2,7-8,19H2,1H3. The number of benzene rings is 1. The Morgan fingerprint density at radius 2 is 2.08 bits per heavy atom. The maximum atomic E-state index is 5.77. The van der Waals surface area contributed by atoms with Crippen LogP contribution >= 0.6 is 11.3 Å². The number of hydrogen-bond acceptors (Lipinski definition) is 5. The second-order valence-corrected chi connectivity index (χ2v) is 7.69. The Bertz CT molecular complexity index is 1060. The molecule has 0 saturated heterocycles. The molecule has 3 aromatic heterocycles. The molecule has 1 aliphatic carbocycles. The molecule has 4 aromatic rings. The molecule has 0 saturated carbocycles. The molecule has 0 aliphatic heterocycles. The summed E-state index contributed by atoms with van der Waals surface area (Å²) in [4.78, 5) is 12.0. The normalized spacial score (nSPS) is 17.5. The molecular weight excluding hydrogens is 318 g/mol. The van der Waals surface area contributed by atoms with Gasteiger partial charge in [0.05, 0.1) is 5.39 Å². The van der Waals surface area contributed by atoms with Crippen molar-refractivity contribution in [2.75, 3.05) is 5.73 Å². The number of aryl methyl sites for hydroxylation is 1. The quantitative estimate of drug-likeness (QED) is 0.538. The van der Waals surface area contributed by atoms with Crippen molar-refractivity contribution in [3.63, 3.8) is 0 Å². The smallest absolute Gasteiger partial charge is 0.182 e. The average molecular weight is 335 g/mol. The summed E-state index contributed by atoms with van der Waals surface area (Å²) in [6, 6.07) is 7.67. The number of aromatic nitrogens is 4. The van der Waals surface area contributed by atoms with Crippen molar-refractivity contribution >= 4 is 32.9 Å². The zero-order valence-corrected chi connectivity index (χ0v) is 14.2. The fourth-order valence-electron chi connectivity index (χ4n) is 3.49. The highest BCUT2D eigenvalue weighted by molar-refractivity contribution is 7.19. The van der Waals surface area contributed by atoms with Gasteiger partial charge in [0, 0.05) is 16.1 Å². The van der Waals surface area contributed by atoms with Gasteiger partial charge in [0.15, 0.2) is 11.5 Å². The predicted octanol–water partition coefficient (Wildman–Crippen LogP) is 3.71. The van der Waals surface area contributed by atoms with E-state index in [0.29, 0.717) is 5.82 Å². The first-order valence-electron chi connectivity index (χ1n) is 8.20. The lowest BCUT2D eigenvalue weighted by Gasteiger charge is -2.17. The third kappa shape index (κ3) is 2.03. The summed E-state index contributed by atoms with van der Waals surface area (Å²) < 4.78 is 1.80. The van der Waals surface area contributed by atoms with Crippen LogP contribution in [0.2, 0.25) is 0 Å². The molecule has 3 heterocycles. The molecule has 24 heavy (non-hydrogen) atoms. The lowest BCUT2D eigenvalue weighted by atomic mass is 9.89. The minimum atomic E-state index is 0.716. The molecule has 0 amide bonds. The highest BCUT2D eigenvalue weighted by atomic mass is 32.1. The molecule has 0 spiro atoms. The number of fused-ring (bicyclic) bond motifs is 5. The van der Waals surface area contributed by atoms with Crippen LogP contribution < -0.4 is 5.73 Å². The van der Waals surface area contributed by atoms with Gasteiger partial charge in [-0.05, 0) is 55.0 Å². The minimum absolute atomic E-state index is 0.716. The monoisotopic (exact) mass is 335 g/mol. The topological polar surface area (TPSA) is 69.1 Å². The molecule has 5 nitrogen and oxygen atoms in total. The number of nitrogens with zero attached hydrogens (tertiary/aromatic N) is 4. The SMILES string of the molecule is CC1CCc2c(sc3ncn4nc(-c5ccc(N)cc5)nc4c23)C1. The number of nitrogen functional groups attached to an aromatic ring is 1. The highest BCUT2D eigenvalue weighted by Crippen LogP contribution is 2.38. The molecule has 120 valence electrons. The molecule has 1 atom stereocenters. The van der Waals surface area contributed by atoms with E-state index in [1.807, 2.05) is 35.6 Å². The van der Waals surface area contributed by atoms with Crippen LogP contribution in [0.3, 0.4) is 0 Å². The van der Waals surface area contributed by atoms with Gasteiger partial charge in [0.25, 0.3) is 0 Å². The van der Waals surface area contributed by atoms with Gasteiger partial charge in [-0.3, -0.25) is 0 Å². The van der Waals surface area contributed by atoms with E-state index in [1.54, 1.807) is 10.8 Å². The van der Waals surface area contributed by atoms with E-state index in [1.165, 1.54) is 22.2 Å². The third-order valence-electron chi connectivity index (χ3n) is 4.80. The molecule has 0 fully saturated rings. The van der Waals surface area contributed by atoms with Gasteiger partial charge in [-0.2, -0.15) is 0 Å². The van der Waals surface area contributed by atoms with Crippen molar-refractivity contribution in [3.05, 3.63) is 41.0 Å². The second kappa shape index (κ2) is 5.01. The van der Waals surface area contributed by atoms with Crippen molar-refractivity contribution < 1.29 is 0 Å². The van der Waals surface area contributed by atoms with E-state index < -0.39 is 0 Å². The fourth-order valence-corrected chi connectivity index (χ4v) is 4.84. The minimum Gasteiger partial charge on any atom is -0.399 e. The van der Waals surface area contributed by atoms with Crippen LogP contribution in [0.25, 0.3) is 27.3 Å². The molecule has 5 rings (SSSR count). The lowest BCUT2D eigenvalue weighted by Crippen LogP contribution is -2.08. The molecule has 0 radical (unpaired) electrons. The summed E-state index contributed by atoms with van der Waals surface area (Å²) in [6.45, 7) is 2.33. The highest BCUT2D eigenvalue weighted by Gasteiger charge is 2.23. The summed E-state index contributed by atoms with van der Waals surface area (Å²) in [5, 5.41) is 5.81.